The van der Waals surface area contributed by atoms with Crippen LogP contribution < -0.4 is 5.56 Å². The molecule has 2 aromatic heterocycles. The fourth-order valence-corrected chi connectivity index (χ4v) is 2.11. The van der Waals surface area contributed by atoms with Gasteiger partial charge in [-0.15, -0.1) is 0 Å². The van der Waals surface area contributed by atoms with Gasteiger partial charge in [-0.05, 0) is 18.6 Å². The number of nitrogens with zero attached hydrogens (tertiary/aromatic N) is 2. The first-order valence-corrected chi connectivity index (χ1v) is 6.35. The van der Waals surface area contributed by atoms with Crippen LogP contribution in [0, 0.1) is 0 Å². The summed E-state index contributed by atoms with van der Waals surface area (Å²) < 4.78 is 2.48. The Kier molecular flexibility index (Phi) is 3.21. The van der Waals surface area contributed by atoms with Crippen LogP contribution in [0.15, 0.2) is 33.8 Å². The molecular formula is C10H8Br2N2O. The third kappa shape index (κ3) is 2.13. The van der Waals surface area contributed by atoms with E-state index in [4.69, 9.17) is 0 Å². The zero-order valence-electron chi connectivity index (χ0n) is 7.78. The lowest BCUT2D eigenvalue weighted by Crippen LogP contribution is -2.19. The van der Waals surface area contributed by atoms with Gasteiger partial charge in [0.2, 0.25) is 0 Å². The van der Waals surface area contributed by atoms with Gasteiger partial charge in [0.25, 0.3) is 5.56 Å². The Morgan fingerprint density at radius 1 is 1.47 bits per heavy atom. The van der Waals surface area contributed by atoms with Crippen molar-refractivity contribution >= 4 is 37.5 Å². The molecule has 0 amide bonds. The van der Waals surface area contributed by atoms with Crippen LogP contribution in [0.5, 0.6) is 0 Å². The van der Waals surface area contributed by atoms with Crippen molar-refractivity contribution in [1.29, 1.82) is 0 Å². The molecule has 3 nitrogen and oxygen atoms in total. The largest absolute Gasteiger partial charge is 0.269 e. The van der Waals surface area contributed by atoms with Crippen molar-refractivity contribution in [3.05, 3.63) is 44.9 Å². The van der Waals surface area contributed by atoms with Crippen molar-refractivity contribution in [2.75, 3.05) is 5.33 Å². The predicted molar refractivity (Wildman–Crippen MR) is 66.7 cm³/mol. The lowest BCUT2D eigenvalue weighted by molar-refractivity contribution is 0.972. The molecule has 0 unspecified atom stereocenters. The molecular weight excluding hydrogens is 324 g/mol. The maximum absolute atomic E-state index is 11.9. The van der Waals surface area contributed by atoms with Crippen molar-refractivity contribution in [1.82, 2.24) is 9.38 Å². The molecule has 0 fully saturated rings. The first kappa shape index (κ1) is 10.8. The Morgan fingerprint density at radius 3 is 3.00 bits per heavy atom. The smallest absolute Gasteiger partial charge is 0.261 e. The number of hydrogen-bond acceptors (Lipinski definition) is 2. The highest BCUT2D eigenvalue weighted by Crippen LogP contribution is 2.10. The second-order valence-corrected chi connectivity index (χ2v) is 4.81. The first-order chi connectivity index (χ1) is 7.22. The number of hydrogen-bond donors (Lipinski definition) is 0. The van der Waals surface area contributed by atoms with E-state index in [-0.39, 0.29) is 5.56 Å². The molecule has 15 heavy (non-hydrogen) atoms. The third-order valence-electron chi connectivity index (χ3n) is 2.11. The van der Waals surface area contributed by atoms with Gasteiger partial charge in [0.05, 0.1) is 0 Å². The average Bonchev–Trinajstić information content (AvgIpc) is 2.22. The predicted octanol–water partition coefficient (Wildman–Crippen LogP) is 2.39. The van der Waals surface area contributed by atoms with Crippen molar-refractivity contribution in [2.24, 2.45) is 0 Å². The fraction of sp³-hybridized carbons (Fsp3) is 0.200. The molecule has 0 saturated heterocycles. The standard InChI is InChI=1S/C10H8Br2N2O/c11-3-1-7-6-13-9-5-8(12)2-4-14(9)10(7)15/h2,4-6H,1,3H2. The number of pyridine rings is 1. The summed E-state index contributed by atoms with van der Waals surface area (Å²) in [6, 6.07) is 3.65. The zero-order chi connectivity index (χ0) is 10.8. The first-order valence-electron chi connectivity index (χ1n) is 4.44. The molecule has 0 saturated carbocycles. The van der Waals surface area contributed by atoms with Crippen LogP contribution in [0.25, 0.3) is 5.65 Å². The number of alkyl halides is 1. The Labute approximate surface area is 103 Å². The maximum Gasteiger partial charge on any atom is 0.261 e. The monoisotopic (exact) mass is 330 g/mol. The molecule has 0 aliphatic carbocycles. The number of halogens is 2. The van der Waals surface area contributed by atoms with Gasteiger partial charge >= 0.3 is 0 Å². The van der Waals surface area contributed by atoms with Crippen LogP contribution in [0.4, 0.5) is 0 Å². The number of aryl methyl sites for hydroxylation is 1. The summed E-state index contributed by atoms with van der Waals surface area (Å²) in [4.78, 5) is 16.2. The summed E-state index contributed by atoms with van der Waals surface area (Å²) in [5.74, 6) is 0. The second-order valence-electron chi connectivity index (χ2n) is 3.10. The molecule has 2 heterocycles. The third-order valence-corrected chi connectivity index (χ3v) is 3.00. The van der Waals surface area contributed by atoms with Crippen LogP contribution in [-0.4, -0.2) is 14.7 Å². The normalized spacial score (nSPS) is 10.8. The SMILES string of the molecule is O=c1c(CCBr)cnc2cc(Br)ccn12. The van der Waals surface area contributed by atoms with E-state index in [1.54, 1.807) is 16.8 Å². The molecule has 2 rings (SSSR count). The molecule has 0 bridgehead atoms. The molecule has 0 radical (unpaired) electrons. The second kappa shape index (κ2) is 4.45. The highest BCUT2D eigenvalue weighted by Gasteiger charge is 2.03. The van der Waals surface area contributed by atoms with Crippen LogP contribution in [0.3, 0.4) is 0 Å². The maximum atomic E-state index is 11.9. The van der Waals surface area contributed by atoms with Crippen molar-refractivity contribution < 1.29 is 0 Å². The average molecular weight is 332 g/mol. The summed E-state index contributed by atoms with van der Waals surface area (Å²) in [7, 11) is 0. The molecule has 5 heteroatoms. The minimum Gasteiger partial charge on any atom is -0.269 e. The van der Waals surface area contributed by atoms with E-state index < -0.39 is 0 Å². The van der Waals surface area contributed by atoms with Crippen LogP contribution in [0.1, 0.15) is 5.56 Å². The summed E-state index contributed by atoms with van der Waals surface area (Å²) in [6.45, 7) is 0. The molecule has 0 N–H and O–H groups in total. The van der Waals surface area contributed by atoms with Crippen LogP contribution in [0.2, 0.25) is 0 Å². The molecule has 0 aromatic carbocycles. The van der Waals surface area contributed by atoms with Crippen molar-refractivity contribution in [3.8, 4) is 0 Å². The van der Waals surface area contributed by atoms with Crippen molar-refractivity contribution in [2.45, 2.75) is 6.42 Å². The van der Waals surface area contributed by atoms with E-state index in [0.29, 0.717) is 12.1 Å². The van der Waals surface area contributed by atoms with E-state index in [9.17, 15) is 4.79 Å². The van der Waals surface area contributed by atoms with Crippen molar-refractivity contribution in [3.63, 3.8) is 0 Å². The van der Waals surface area contributed by atoms with Gasteiger partial charge in [-0.2, -0.15) is 0 Å². The van der Waals surface area contributed by atoms with E-state index in [2.05, 4.69) is 36.8 Å². The minimum absolute atomic E-state index is 0.00644. The Hall–Kier alpha value is -0.680. The zero-order valence-corrected chi connectivity index (χ0v) is 11.0. The van der Waals surface area contributed by atoms with Gasteiger partial charge in [-0.3, -0.25) is 9.20 Å². The summed E-state index contributed by atoms with van der Waals surface area (Å²) >= 11 is 6.66. The van der Waals surface area contributed by atoms with Crippen LogP contribution in [-0.2, 0) is 6.42 Å². The summed E-state index contributed by atoms with van der Waals surface area (Å²) in [5.41, 5.74) is 1.39. The van der Waals surface area contributed by atoms with E-state index in [1.807, 2.05) is 12.1 Å². The van der Waals surface area contributed by atoms with E-state index in [0.717, 1.165) is 15.4 Å². The molecule has 0 atom stereocenters. The molecule has 2 aromatic rings. The van der Waals surface area contributed by atoms with Gasteiger partial charge < -0.3 is 0 Å². The number of rotatable bonds is 2. The van der Waals surface area contributed by atoms with Gasteiger partial charge in [0.1, 0.15) is 5.65 Å². The minimum atomic E-state index is 0.00644. The highest BCUT2D eigenvalue weighted by atomic mass is 79.9. The van der Waals surface area contributed by atoms with E-state index in [1.165, 1.54) is 0 Å². The molecule has 0 aliphatic heterocycles. The number of fused-ring (bicyclic) bond motifs is 1. The van der Waals surface area contributed by atoms with Gasteiger partial charge in [0, 0.05) is 27.8 Å². The lowest BCUT2D eigenvalue weighted by atomic mass is 10.2. The van der Waals surface area contributed by atoms with Gasteiger partial charge in [0.15, 0.2) is 0 Å². The van der Waals surface area contributed by atoms with Crippen LogP contribution >= 0.6 is 31.9 Å². The quantitative estimate of drug-likeness (QED) is 0.792. The number of aromatic nitrogens is 2. The molecule has 78 valence electrons. The van der Waals surface area contributed by atoms with Gasteiger partial charge in [-0.1, -0.05) is 31.9 Å². The summed E-state index contributed by atoms with van der Waals surface area (Å²) in [5, 5.41) is 0.770. The van der Waals surface area contributed by atoms with Gasteiger partial charge in [-0.25, -0.2) is 4.98 Å². The molecule has 0 aliphatic rings. The summed E-state index contributed by atoms with van der Waals surface area (Å²) in [6.07, 6.45) is 4.07. The Balaban J connectivity index is 2.69. The highest BCUT2D eigenvalue weighted by molar-refractivity contribution is 9.10. The molecule has 0 spiro atoms. The van der Waals surface area contributed by atoms with E-state index >= 15 is 0 Å². The topological polar surface area (TPSA) is 34.4 Å². The lowest BCUT2D eigenvalue weighted by Gasteiger charge is -2.02. The Morgan fingerprint density at radius 2 is 2.27 bits per heavy atom. The fourth-order valence-electron chi connectivity index (χ4n) is 1.36. The Bertz CT molecular complexity index is 551.